The molecule has 0 spiro atoms. The van der Waals surface area contributed by atoms with E-state index >= 15 is 0 Å². The quantitative estimate of drug-likeness (QED) is 0.337. The number of carbonyl (C=O) groups excluding carboxylic acids is 1. The predicted molar refractivity (Wildman–Crippen MR) is 138 cm³/mol. The fraction of sp³-hybridized carbons (Fsp3) is 0.222. The summed E-state index contributed by atoms with van der Waals surface area (Å²) < 4.78 is 8.97. The van der Waals surface area contributed by atoms with Crippen LogP contribution in [0.25, 0.3) is 5.65 Å². The van der Waals surface area contributed by atoms with Crippen molar-refractivity contribution in [2.45, 2.75) is 32.4 Å². The minimum atomic E-state index is -1.62. The Labute approximate surface area is 213 Å². The number of ether oxygens (including phenoxy) is 1. The number of benzene rings is 1. The summed E-state index contributed by atoms with van der Waals surface area (Å²) in [7, 11) is 1.49. The first-order chi connectivity index (χ1) is 18.0. The standard InChI is InChI=1S/C27H27N7O3/c1-4-20-24(27(36,18-11-7-6-8-12-18)22-13-9-10-14-28-22)30-23-15-21(37-3)19(16-34(20)23)25(35)31-26-29-17-33(5-2)32-26/h6-17,36H,4-5H2,1-3H3,(H,31,32,35). The first-order valence-corrected chi connectivity index (χ1v) is 12.0. The molecule has 10 nitrogen and oxygen atoms in total. The van der Waals surface area contributed by atoms with Gasteiger partial charge < -0.3 is 14.2 Å². The van der Waals surface area contributed by atoms with Gasteiger partial charge in [-0.2, -0.15) is 0 Å². The number of imidazole rings is 1. The maximum atomic E-state index is 13.2. The van der Waals surface area contributed by atoms with E-state index in [1.807, 2.05) is 54.6 Å². The molecule has 1 amide bonds. The minimum Gasteiger partial charge on any atom is -0.496 e. The van der Waals surface area contributed by atoms with Gasteiger partial charge in [0.2, 0.25) is 5.95 Å². The average Bonchev–Trinajstić information content (AvgIpc) is 3.56. The van der Waals surface area contributed by atoms with Crippen LogP contribution in [0.15, 0.2) is 73.3 Å². The van der Waals surface area contributed by atoms with Gasteiger partial charge in [-0.3, -0.25) is 19.8 Å². The summed E-state index contributed by atoms with van der Waals surface area (Å²) >= 11 is 0. The highest BCUT2D eigenvalue weighted by Gasteiger charge is 2.40. The van der Waals surface area contributed by atoms with Crippen molar-refractivity contribution in [3.8, 4) is 5.75 Å². The largest absolute Gasteiger partial charge is 0.496 e. The Hall–Kier alpha value is -4.57. The Morgan fingerprint density at radius 2 is 1.89 bits per heavy atom. The van der Waals surface area contributed by atoms with Crippen LogP contribution in [0, 0.1) is 0 Å². The maximum Gasteiger partial charge on any atom is 0.263 e. The van der Waals surface area contributed by atoms with Crippen LogP contribution in [0.1, 0.15) is 46.9 Å². The summed E-state index contributed by atoms with van der Waals surface area (Å²) in [4.78, 5) is 26.7. The number of rotatable bonds is 8. The third kappa shape index (κ3) is 4.21. The molecule has 0 saturated carbocycles. The predicted octanol–water partition coefficient (Wildman–Crippen LogP) is 3.45. The molecule has 4 heterocycles. The molecule has 0 saturated heterocycles. The summed E-state index contributed by atoms with van der Waals surface area (Å²) in [5.74, 6) is 0.109. The number of nitrogens with zero attached hydrogens (tertiary/aromatic N) is 6. The van der Waals surface area contributed by atoms with E-state index in [-0.39, 0.29) is 11.5 Å². The van der Waals surface area contributed by atoms with Gasteiger partial charge in [0.05, 0.1) is 18.4 Å². The number of hydrogen-bond donors (Lipinski definition) is 2. The average molecular weight is 498 g/mol. The molecule has 1 atom stereocenters. The van der Waals surface area contributed by atoms with Crippen molar-refractivity contribution >= 4 is 17.5 Å². The van der Waals surface area contributed by atoms with Crippen LogP contribution in [-0.4, -0.2) is 47.3 Å². The Morgan fingerprint density at radius 1 is 1.11 bits per heavy atom. The topological polar surface area (TPSA) is 119 Å². The van der Waals surface area contributed by atoms with Crippen LogP contribution >= 0.6 is 0 Å². The van der Waals surface area contributed by atoms with Crippen molar-refractivity contribution in [2.24, 2.45) is 0 Å². The van der Waals surface area contributed by atoms with Crippen molar-refractivity contribution in [3.05, 3.63) is 102 Å². The van der Waals surface area contributed by atoms with Crippen molar-refractivity contribution in [1.29, 1.82) is 0 Å². The van der Waals surface area contributed by atoms with Gasteiger partial charge in [0.15, 0.2) is 5.60 Å². The van der Waals surface area contributed by atoms with E-state index in [1.54, 1.807) is 41.6 Å². The highest BCUT2D eigenvalue weighted by atomic mass is 16.5. The van der Waals surface area contributed by atoms with E-state index in [4.69, 9.17) is 9.72 Å². The molecule has 10 heteroatoms. The van der Waals surface area contributed by atoms with E-state index in [0.29, 0.717) is 41.3 Å². The fourth-order valence-corrected chi connectivity index (χ4v) is 4.42. The van der Waals surface area contributed by atoms with Crippen LogP contribution in [-0.2, 0) is 18.6 Å². The second-order valence-electron chi connectivity index (χ2n) is 8.41. The zero-order valence-corrected chi connectivity index (χ0v) is 20.8. The molecular formula is C27H27N7O3. The second-order valence-corrected chi connectivity index (χ2v) is 8.41. The number of aryl methyl sites for hydroxylation is 2. The normalized spacial score (nSPS) is 12.9. The van der Waals surface area contributed by atoms with Gasteiger partial charge in [-0.25, -0.2) is 9.97 Å². The molecule has 0 aliphatic carbocycles. The lowest BCUT2D eigenvalue weighted by atomic mass is 9.85. The van der Waals surface area contributed by atoms with Crippen molar-refractivity contribution in [3.63, 3.8) is 0 Å². The fourth-order valence-electron chi connectivity index (χ4n) is 4.42. The molecule has 37 heavy (non-hydrogen) atoms. The molecule has 5 aromatic rings. The van der Waals surface area contributed by atoms with Crippen LogP contribution in [0.2, 0.25) is 0 Å². The van der Waals surface area contributed by atoms with E-state index < -0.39 is 11.5 Å². The van der Waals surface area contributed by atoms with E-state index in [1.165, 1.54) is 7.11 Å². The van der Waals surface area contributed by atoms with Gasteiger partial charge in [-0.1, -0.05) is 43.3 Å². The summed E-state index contributed by atoms with van der Waals surface area (Å²) in [5.41, 5.74) is 1.43. The molecule has 0 aliphatic heterocycles. The van der Waals surface area contributed by atoms with Crippen LogP contribution in [0.4, 0.5) is 5.95 Å². The molecular weight excluding hydrogens is 470 g/mol. The lowest BCUT2D eigenvalue weighted by Crippen LogP contribution is -2.31. The lowest BCUT2D eigenvalue weighted by Gasteiger charge is -2.27. The number of aliphatic hydroxyl groups is 1. The number of carbonyl (C=O) groups is 1. The minimum absolute atomic E-state index is 0.199. The molecule has 4 aromatic heterocycles. The number of aromatic nitrogens is 6. The van der Waals surface area contributed by atoms with Gasteiger partial charge >= 0.3 is 0 Å². The molecule has 0 fully saturated rings. The molecule has 0 aliphatic rings. The first kappa shape index (κ1) is 24.1. The zero-order chi connectivity index (χ0) is 26.0. The van der Waals surface area contributed by atoms with Crippen molar-refractivity contribution in [2.75, 3.05) is 12.4 Å². The van der Waals surface area contributed by atoms with Crippen LogP contribution < -0.4 is 10.1 Å². The van der Waals surface area contributed by atoms with E-state index in [2.05, 4.69) is 20.4 Å². The lowest BCUT2D eigenvalue weighted by molar-refractivity contribution is 0.102. The smallest absolute Gasteiger partial charge is 0.263 e. The first-order valence-electron chi connectivity index (χ1n) is 12.0. The van der Waals surface area contributed by atoms with Gasteiger partial charge in [-0.05, 0) is 31.0 Å². The number of hydrogen-bond acceptors (Lipinski definition) is 7. The van der Waals surface area contributed by atoms with E-state index in [9.17, 15) is 9.90 Å². The van der Waals surface area contributed by atoms with Gasteiger partial charge in [0, 0.05) is 30.7 Å². The monoisotopic (exact) mass is 497 g/mol. The highest BCUT2D eigenvalue weighted by Crippen LogP contribution is 2.38. The van der Waals surface area contributed by atoms with Gasteiger partial charge in [0.25, 0.3) is 5.91 Å². The molecule has 0 radical (unpaired) electrons. The molecule has 2 N–H and O–H groups in total. The Bertz CT molecular complexity index is 1510. The van der Waals surface area contributed by atoms with Crippen LogP contribution in [0.3, 0.4) is 0 Å². The van der Waals surface area contributed by atoms with E-state index in [0.717, 1.165) is 5.69 Å². The second kappa shape index (κ2) is 9.82. The summed E-state index contributed by atoms with van der Waals surface area (Å²) in [5, 5.41) is 19.2. The number of amides is 1. The number of pyridine rings is 2. The molecule has 0 bridgehead atoms. The Morgan fingerprint density at radius 3 is 2.54 bits per heavy atom. The summed E-state index contributed by atoms with van der Waals surface area (Å²) in [6.45, 7) is 4.54. The zero-order valence-electron chi connectivity index (χ0n) is 20.8. The summed E-state index contributed by atoms with van der Waals surface area (Å²) in [6, 6.07) is 16.4. The number of fused-ring (bicyclic) bond motifs is 1. The Kier molecular flexibility index (Phi) is 6.41. The number of methoxy groups -OCH3 is 1. The number of anilines is 1. The third-order valence-electron chi connectivity index (χ3n) is 6.28. The van der Waals surface area contributed by atoms with Gasteiger partial charge in [0.1, 0.15) is 23.4 Å². The molecule has 1 aromatic carbocycles. The maximum absolute atomic E-state index is 13.2. The van der Waals surface area contributed by atoms with Gasteiger partial charge in [-0.15, -0.1) is 5.10 Å². The summed E-state index contributed by atoms with van der Waals surface area (Å²) in [6.07, 6.45) is 5.40. The van der Waals surface area contributed by atoms with Crippen LogP contribution in [0.5, 0.6) is 5.75 Å². The number of nitrogens with one attached hydrogen (secondary N) is 1. The highest BCUT2D eigenvalue weighted by molar-refractivity contribution is 6.05. The molecule has 188 valence electrons. The SMILES string of the molecule is CCc1c(C(O)(c2ccccc2)c2ccccn2)nc2cc(OC)c(C(=O)Nc3ncn(CC)n3)cn12. The van der Waals surface area contributed by atoms with Crippen molar-refractivity contribution < 1.29 is 14.6 Å². The van der Waals surface area contributed by atoms with Crippen molar-refractivity contribution in [1.82, 2.24) is 29.1 Å². The molecule has 1 unspecified atom stereocenters. The molecule has 5 rings (SSSR count). The Balaban J connectivity index is 1.68. The third-order valence-corrected chi connectivity index (χ3v) is 6.28.